The predicted octanol–water partition coefficient (Wildman–Crippen LogP) is 2.29. The molecule has 0 aliphatic heterocycles. The zero-order valence-electron chi connectivity index (χ0n) is 11.9. The number of aryl methyl sites for hydroxylation is 2. The maximum atomic E-state index is 6.06. The molecule has 0 spiro atoms. The van der Waals surface area contributed by atoms with E-state index in [1.54, 1.807) is 7.11 Å². The first-order valence-corrected chi connectivity index (χ1v) is 6.67. The molecule has 0 bridgehead atoms. The van der Waals surface area contributed by atoms with E-state index in [0.717, 1.165) is 29.7 Å². The Hall–Kier alpha value is -1.62. The number of hydrogen-bond donors (Lipinski definition) is 1. The van der Waals surface area contributed by atoms with Gasteiger partial charge in [-0.05, 0) is 39.2 Å². The van der Waals surface area contributed by atoms with Crippen molar-refractivity contribution in [3.63, 3.8) is 0 Å². The number of nitrogens with zero attached hydrogens (tertiary/aromatic N) is 3. The summed E-state index contributed by atoms with van der Waals surface area (Å²) in [5, 5.41) is 1.00. The van der Waals surface area contributed by atoms with Gasteiger partial charge in [0.25, 0.3) is 0 Å². The second-order valence-electron chi connectivity index (χ2n) is 5.42. The molecule has 0 radical (unpaired) electrons. The summed E-state index contributed by atoms with van der Waals surface area (Å²) in [6.45, 7) is 6.11. The number of rotatable bonds is 2. The average Bonchev–Trinajstić information content (AvgIpc) is 2.52. The molecule has 3 rings (SSSR count). The molecule has 5 heteroatoms. The van der Waals surface area contributed by atoms with Crippen molar-refractivity contribution in [2.24, 2.45) is 0 Å². The normalized spacial score (nSPS) is 22.7. The van der Waals surface area contributed by atoms with Crippen LogP contribution in [0.25, 0.3) is 11.0 Å². The maximum Gasteiger partial charge on any atom is 0.146 e. The molecule has 0 saturated heterocycles. The number of nitrogen functional groups attached to an aromatic ring is 1. The fraction of sp³-hybridized carbons (Fsp3) is 0.571. The van der Waals surface area contributed by atoms with Gasteiger partial charge in [-0.1, -0.05) is 0 Å². The van der Waals surface area contributed by atoms with Crippen molar-refractivity contribution in [1.82, 2.24) is 14.5 Å². The van der Waals surface area contributed by atoms with Crippen molar-refractivity contribution >= 4 is 16.9 Å². The minimum absolute atomic E-state index is 0.377. The van der Waals surface area contributed by atoms with E-state index in [2.05, 4.69) is 28.4 Å². The summed E-state index contributed by atoms with van der Waals surface area (Å²) in [6.07, 6.45) is 2.47. The molecule has 102 valence electrons. The molecule has 1 saturated carbocycles. The number of methoxy groups -OCH3 is 1. The fourth-order valence-electron chi connectivity index (χ4n) is 3.02. The molecule has 0 unspecified atom stereocenters. The van der Waals surface area contributed by atoms with Gasteiger partial charge in [0.15, 0.2) is 0 Å². The summed E-state index contributed by atoms with van der Waals surface area (Å²) >= 11 is 0. The molecular weight excluding hydrogens is 240 g/mol. The van der Waals surface area contributed by atoms with Gasteiger partial charge in [0.1, 0.15) is 17.3 Å². The van der Waals surface area contributed by atoms with Gasteiger partial charge < -0.3 is 15.0 Å². The monoisotopic (exact) mass is 260 g/mol. The summed E-state index contributed by atoms with van der Waals surface area (Å²) < 4.78 is 7.68. The van der Waals surface area contributed by atoms with Crippen molar-refractivity contribution in [3.8, 4) is 0 Å². The van der Waals surface area contributed by atoms with E-state index >= 15 is 0 Å². The zero-order valence-corrected chi connectivity index (χ0v) is 11.9. The van der Waals surface area contributed by atoms with Crippen LogP contribution in [-0.2, 0) is 4.74 Å². The van der Waals surface area contributed by atoms with Crippen LogP contribution in [0.3, 0.4) is 0 Å². The third kappa shape index (κ3) is 1.72. The molecular formula is C14H20N4O. The summed E-state index contributed by atoms with van der Waals surface area (Å²) in [5.74, 6) is 1.32. The highest BCUT2D eigenvalue weighted by Gasteiger charge is 2.33. The molecule has 0 atom stereocenters. The van der Waals surface area contributed by atoms with E-state index in [9.17, 15) is 0 Å². The third-order valence-corrected chi connectivity index (χ3v) is 4.31. The molecule has 1 fully saturated rings. The number of hydrogen-bond acceptors (Lipinski definition) is 4. The second-order valence-corrected chi connectivity index (χ2v) is 5.42. The lowest BCUT2D eigenvalue weighted by atomic mass is 9.89. The minimum Gasteiger partial charge on any atom is -0.383 e. The predicted molar refractivity (Wildman–Crippen MR) is 75.2 cm³/mol. The second kappa shape index (κ2) is 4.20. The van der Waals surface area contributed by atoms with Crippen molar-refractivity contribution in [2.75, 3.05) is 12.8 Å². The van der Waals surface area contributed by atoms with E-state index in [1.165, 1.54) is 11.3 Å². The highest BCUT2D eigenvalue weighted by atomic mass is 16.5. The van der Waals surface area contributed by atoms with Gasteiger partial charge in [0.05, 0.1) is 11.5 Å². The summed E-state index contributed by atoms with van der Waals surface area (Å²) in [7, 11) is 1.77. The molecule has 5 nitrogen and oxygen atoms in total. The fourth-order valence-corrected chi connectivity index (χ4v) is 3.02. The minimum atomic E-state index is 0.377. The highest BCUT2D eigenvalue weighted by molar-refractivity contribution is 5.91. The van der Waals surface area contributed by atoms with Crippen LogP contribution in [0.5, 0.6) is 0 Å². The first-order chi connectivity index (χ1) is 9.02. The van der Waals surface area contributed by atoms with Gasteiger partial charge in [0, 0.05) is 18.8 Å². The lowest BCUT2D eigenvalue weighted by Gasteiger charge is -2.36. The van der Waals surface area contributed by atoms with E-state index in [4.69, 9.17) is 10.5 Å². The Morgan fingerprint density at radius 3 is 2.53 bits per heavy atom. The zero-order chi connectivity index (χ0) is 13.7. The topological polar surface area (TPSA) is 66.0 Å². The van der Waals surface area contributed by atoms with Gasteiger partial charge >= 0.3 is 0 Å². The number of fused-ring (bicyclic) bond motifs is 1. The van der Waals surface area contributed by atoms with Crippen molar-refractivity contribution in [2.45, 2.75) is 45.8 Å². The molecule has 1 aliphatic carbocycles. The third-order valence-electron chi connectivity index (χ3n) is 4.31. The van der Waals surface area contributed by atoms with Crippen LogP contribution >= 0.6 is 0 Å². The van der Waals surface area contributed by atoms with Crippen LogP contribution in [-0.4, -0.2) is 27.7 Å². The smallest absolute Gasteiger partial charge is 0.146 e. The van der Waals surface area contributed by atoms with Crippen LogP contribution in [0, 0.1) is 20.8 Å². The SMILES string of the molecule is COC1CC(n2c(C)c(C)c3c(N)nc(C)nc32)C1. The molecule has 2 aromatic heterocycles. The Kier molecular flexibility index (Phi) is 2.74. The average molecular weight is 260 g/mol. The van der Waals surface area contributed by atoms with Crippen LogP contribution in [0.15, 0.2) is 0 Å². The van der Waals surface area contributed by atoms with Crippen LogP contribution < -0.4 is 5.73 Å². The molecule has 1 aliphatic rings. The molecule has 2 heterocycles. The van der Waals surface area contributed by atoms with Crippen LogP contribution in [0.4, 0.5) is 5.82 Å². The van der Waals surface area contributed by atoms with Crippen LogP contribution in [0.2, 0.25) is 0 Å². The standard InChI is InChI=1S/C14H20N4O/c1-7-8(2)18(10-5-11(6-10)19-4)14-12(7)13(15)16-9(3)17-14/h10-11H,5-6H2,1-4H3,(H2,15,16,17). The van der Waals surface area contributed by atoms with E-state index in [1.807, 2.05) is 6.92 Å². The van der Waals surface area contributed by atoms with Gasteiger partial charge in [-0.3, -0.25) is 0 Å². The molecule has 2 aromatic rings. The lowest BCUT2D eigenvalue weighted by molar-refractivity contribution is 0.00683. The molecule has 19 heavy (non-hydrogen) atoms. The molecule has 0 aromatic carbocycles. The number of nitrogens with two attached hydrogens (primary N) is 1. The number of anilines is 1. The van der Waals surface area contributed by atoms with Gasteiger partial charge in [0.2, 0.25) is 0 Å². The van der Waals surface area contributed by atoms with Crippen molar-refractivity contribution < 1.29 is 4.74 Å². The first-order valence-electron chi connectivity index (χ1n) is 6.67. The van der Waals surface area contributed by atoms with Gasteiger partial charge in [-0.2, -0.15) is 0 Å². The van der Waals surface area contributed by atoms with Crippen LogP contribution in [0.1, 0.15) is 36.0 Å². The quantitative estimate of drug-likeness (QED) is 0.899. The van der Waals surface area contributed by atoms with E-state index in [-0.39, 0.29) is 0 Å². The van der Waals surface area contributed by atoms with Crippen molar-refractivity contribution in [1.29, 1.82) is 0 Å². The number of ether oxygens (including phenoxy) is 1. The van der Waals surface area contributed by atoms with E-state index in [0.29, 0.717) is 18.0 Å². The Morgan fingerprint density at radius 1 is 1.21 bits per heavy atom. The molecule has 0 amide bonds. The van der Waals surface area contributed by atoms with Gasteiger partial charge in [-0.25, -0.2) is 9.97 Å². The largest absolute Gasteiger partial charge is 0.383 e. The van der Waals surface area contributed by atoms with Crippen molar-refractivity contribution in [3.05, 3.63) is 17.1 Å². The summed E-state index contributed by atoms with van der Waals surface area (Å²) in [5.41, 5.74) is 9.46. The summed E-state index contributed by atoms with van der Waals surface area (Å²) in [6, 6.07) is 0.467. The Morgan fingerprint density at radius 2 is 1.89 bits per heavy atom. The first kappa shape index (κ1) is 12.4. The Balaban J connectivity index is 2.16. The Bertz CT molecular complexity index is 641. The van der Waals surface area contributed by atoms with E-state index < -0.39 is 0 Å². The lowest BCUT2D eigenvalue weighted by Crippen LogP contribution is -2.33. The highest BCUT2D eigenvalue weighted by Crippen LogP contribution is 2.39. The number of aromatic nitrogens is 3. The molecule has 2 N–H and O–H groups in total. The maximum absolute atomic E-state index is 6.06. The van der Waals surface area contributed by atoms with Gasteiger partial charge in [-0.15, -0.1) is 0 Å². The summed E-state index contributed by atoms with van der Waals surface area (Å²) in [4.78, 5) is 8.88. The Labute approximate surface area is 112 Å².